The van der Waals surface area contributed by atoms with Gasteiger partial charge in [0.25, 0.3) is 0 Å². The minimum absolute atomic E-state index is 0.0288. The summed E-state index contributed by atoms with van der Waals surface area (Å²) in [4.78, 5) is 25.7. The van der Waals surface area contributed by atoms with Crippen LogP contribution in [0.2, 0.25) is 0 Å². The Bertz CT molecular complexity index is 1320. The van der Waals surface area contributed by atoms with Crippen molar-refractivity contribution in [3.8, 4) is 11.3 Å². The number of pyridine rings is 2. The number of H-pyrrole nitrogens is 2. The van der Waals surface area contributed by atoms with Gasteiger partial charge in [0.2, 0.25) is 0 Å². The number of nitrogens with one attached hydrogen (secondary N) is 2. The largest absolute Gasteiger partial charge is 0.300 e. The number of aromatic nitrogens is 5. The topological polar surface area (TPSA) is 87.3 Å². The van der Waals surface area contributed by atoms with Crippen LogP contribution in [-0.2, 0) is 6.42 Å². The Balaban J connectivity index is 1.53. The van der Waals surface area contributed by atoms with E-state index < -0.39 is 0 Å². The van der Waals surface area contributed by atoms with Gasteiger partial charge in [-0.15, -0.1) is 0 Å². The molecule has 0 saturated heterocycles. The van der Waals surface area contributed by atoms with Gasteiger partial charge in [0.1, 0.15) is 5.69 Å². The third-order valence-corrected chi connectivity index (χ3v) is 4.83. The molecule has 6 heteroatoms. The summed E-state index contributed by atoms with van der Waals surface area (Å²) < 4.78 is 0. The van der Waals surface area contributed by atoms with Crippen molar-refractivity contribution in [1.82, 2.24) is 25.1 Å². The molecule has 5 aromatic rings. The summed E-state index contributed by atoms with van der Waals surface area (Å²) >= 11 is 0. The highest BCUT2D eigenvalue weighted by atomic mass is 16.1. The molecule has 0 bridgehead atoms. The molecule has 0 amide bonds. The van der Waals surface area contributed by atoms with Gasteiger partial charge in [-0.2, -0.15) is 0 Å². The first kappa shape index (κ1) is 16.4. The van der Waals surface area contributed by atoms with E-state index in [1.54, 1.807) is 12.4 Å². The minimum atomic E-state index is -0.0288. The zero-order valence-electron chi connectivity index (χ0n) is 15.2. The highest BCUT2D eigenvalue weighted by Crippen LogP contribution is 2.30. The fraction of sp³-hybridized carbons (Fsp3) is 0.0909. The number of carbonyl (C=O) groups is 1. The van der Waals surface area contributed by atoms with Crippen LogP contribution in [0.25, 0.3) is 33.1 Å². The second kappa shape index (κ2) is 6.42. The van der Waals surface area contributed by atoms with Crippen molar-refractivity contribution >= 4 is 27.6 Å². The normalized spacial score (nSPS) is 11.3. The van der Waals surface area contributed by atoms with E-state index in [2.05, 4.69) is 31.2 Å². The molecule has 0 fully saturated rings. The van der Waals surface area contributed by atoms with Gasteiger partial charge < -0.3 is 5.10 Å². The van der Waals surface area contributed by atoms with Crippen molar-refractivity contribution in [2.45, 2.75) is 13.3 Å². The van der Waals surface area contributed by atoms with Gasteiger partial charge in [-0.25, -0.2) is 4.98 Å². The van der Waals surface area contributed by atoms with Crippen LogP contribution < -0.4 is 0 Å². The maximum absolute atomic E-state index is 12.7. The quantitative estimate of drug-likeness (QED) is 0.465. The van der Waals surface area contributed by atoms with E-state index in [0.717, 1.165) is 44.5 Å². The first-order valence-corrected chi connectivity index (χ1v) is 9.04. The lowest BCUT2D eigenvalue weighted by Gasteiger charge is -1.99. The average molecular weight is 367 g/mol. The molecular formula is C22H17N5O. The fourth-order valence-corrected chi connectivity index (χ4v) is 3.48. The lowest BCUT2D eigenvalue weighted by molar-refractivity contribution is 0.0988. The van der Waals surface area contributed by atoms with Crippen molar-refractivity contribution in [1.29, 1.82) is 0 Å². The molecule has 0 aliphatic heterocycles. The highest BCUT2D eigenvalue weighted by Gasteiger charge is 2.15. The van der Waals surface area contributed by atoms with Crippen LogP contribution in [0.1, 0.15) is 21.9 Å². The number of ketones is 1. The van der Waals surface area contributed by atoms with Crippen LogP contribution in [0.4, 0.5) is 0 Å². The summed E-state index contributed by atoms with van der Waals surface area (Å²) in [5, 5.41) is 8.39. The maximum atomic E-state index is 12.7. The molecule has 136 valence electrons. The second-order valence-corrected chi connectivity index (χ2v) is 6.83. The Labute approximate surface area is 160 Å². The average Bonchev–Trinajstić information content (AvgIpc) is 3.30. The number of benzene rings is 1. The Morgan fingerprint density at radius 3 is 2.68 bits per heavy atom. The van der Waals surface area contributed by atoms with Crippen LogP contribution in [0.3, 0.4) is 0 Å². The molecule has 0 radical (unpaired) electrons. The van der Waals surface area contributed by atoms with Crippen LogP contribution in [0.5, 0.6) is 0 Å². The number of fused-ring (bicyclic) bond motifs is 2. The summed E-state index contributed by atoms with van der Waals surface area (Å²) in [6, 6.07) is 15.5. The Morgan fingerprint density at radius 2 is 1.86 bits per heavy atom. The molecule has 0 aliphatic rings. The van der Waals surface area contributed by atoms with Crippen LogP contribution >= 0.6 is 0 Å². The summed E-state index contributed by atoms with van der Waals surface area (Å²) in [7, 11) is 0. The van der Waals surface area contributed by atoms with E-state index in [1.807, 2.05) is 49.4 Å². The van der Waals surface area contributed by atoms with Gasteiger partial charge in [-0.3, -0.25) is 19.9 Å². The first-order valence-electron chi connectivity index (χ1n) is 9.04. The number of nitrogens with zero attached hydrogens (tertiary/aromatic N) is 3. The molecule has 2 N–H and O–H groups in total. The standard InChI is InChI=1S/C22H17N5O/c1-13-3-2-4-16(24-13)11-21(28)20-10-15-9-17-19(12-18(15)25-20)26-27-22(17)14-5-7-23-8-6-14/h2-10,12,26-27H,11H2,1H3. The third-order valence-electron chi connectivity index (χ3n) is 4.83. The zero-order valence-corrected chi connectivity index (χ0v) is 15.2. The number of carbonyl (C=O) groups excluding carboxylic acids is 1. The Hall–Kier alpha value is -3.80. The second-order valence-electron chi connectivity index (χ2n) is 6.83. The smallest absolute Gasteiger partial charge is 0.187 e. The van der Waals surface area contributed by atoms with Crippen molar-refractivity contribution < 1.29 is 4.79 Å². The molecule has 4 aromatic heterocycles. The number of aromatic amines is 2. The van der Waals surface area contributed by atoms with Crippen molar-refractivity contribution in [2.75, 3.05) is 0 Å². The molecule has 28 heavy (non-hydrogen) atoms. The molecule has 4 heterocycles. The molecular weight excluding hydrogens is 350 g/mol. The van der Waals surface area contributed by atoms with E-state index in [1.165, 1.54) is 0 Å². The first-order chi connectivity index (χ1) is 13.7. The number of aryl methyl sites for hydroxylation is 1. The van der Waals surface area contributed by atoms with E-state index in [0.29, 0.717) is 5.69 Å². The van der Waals surface area contributed by atoms with E-state index >= 15 is 0 Å². The van der Waals surface area contributed by atoms with Gasteiger partial charge in [-0.1, -0.05) is 6.07 Å². The van der Waals surface area contributed by atoms with E-state index in [9.17, 15) is 4.79 Å². The molecule has 0 spiro atoms. The Kier molecular flexibility index (Phi) is 3.76. The summed E-state index contributed by atoms with van der Waals surface area (Å²) in [6.07, 6.45) is 3.78. The monoisotopic (exact) mass is 367 g/mol. The summed E-state index contributed by atoms with van der Waals surface area (Å²) in [6.45, 7) is 1.92. The van der Waals surface area contributed by atoms with Crippen molar-refractivity contribution in [3.05, 3.63) is 78.0 Å². The molecule has 0 aliphatic carbocycles. The maximum Gasteiger partial charge on any atom is 0.187 e. The van der Waals surface area contributed by atoms with Gasteiger partial charge in [0, 0.05) is 40.1 Å². The van der Waals surface area contributed by atoms with E-state index in [-0.39, 0.29) is 12.2 Å². The third kappa shape index (κ3) is 2.85. The number of hydrogen-bond donors (Lipinski definition) is 2. The lowest BCUT2D eigenvalue weighted by atomic mass is 10.1. The molecule has 1 aromatic carbocycles. The number of rotatable bonds is 4. The Morgan fingerprint density at radius 1 is 1.00 bits per heavy atom. The predicted molar refractivity (Wildman–Crippen MR) is 108 cm³/mol. The van der Waals surface area contributed by atoms with Gasteiger partial charge in [0.05, 0.1) is 23.1 Å². The van der Waals surface area contributed by atoms with Gasteiger partial charge >= 0.3 is 0 Å². The predicted octanol–water partition coefficient (Wildman–Crippen LogP) is 4.24. The number of Topliss-reactive ketones (excluding diaryl/α,β-unsaturated/α-hetero) is 1. The van der Waals surface area contributed by atoms with Crippen molar-refractivity contribution in [3.63, 3.8) is 0 Å². The molecule has 0 saturated carbocycles. The highest BCUT2D eigenvalue weighted by molar-refractivity contribution is 6.05. The van der Waals surface area contributed by atoms with Crippen LogP contribution in [0, 0.1) is 6.92 Å². The lowest BCUT2D eigenvalue weighted by Crippen LogP contribution is -2.05. The molecule has 5 rings (SSSR count). The molecule has 0 unspecified atom stereocenters. The van der Waals surface area contributed by atoms with Crippen LogP contribution in [-0.4, -0.2) is 30.9 Å². The summed E-state index contributed by atoms with van der Waals surface area (Å²) in [5.74, 6) is -0.0288. The summed E-state index contributed by atoms with van der Waals surface area (Å²) in [5.41, 5.74) is 5.90. The SMILES string of the molecule is Cc1cccc(CC(=O)c2cc3cc4c(-c5ccncc5)[nH][nH]c4cc3n2)n1. The van der Waals surface area contributed by atoms with Gasteiger partial charge in [-0.05, 0) is 49.4 Å². The zero-order chi connectivity index (χ0) is 19.1. The van der Waals surface area contributed by atoms with Gasteiger partial charge in [0.15, 0.2) is 5.78 Å². The number of hydrogen-bond acceptors (Lipinski definition) is 4. The van der Waals surface area contributed by atoms with E-state index in [4.69, 9.17) is 0 Å². The molecule has 0 atom stereocenters. The minimum Gasteiger partial charge on any atom is -0.300 e. The molecule has 6 nitrogen and oxygen atoms in total. The van der Waals surface area contributed by atoms with Crippen LogP contribution in [0.15, 0.2) is 60.9 Å². The van der Waals surface area contributed by atoms with Crippen molar-refractivity contribution in [2.24, 2.45) is 0 Å². The fourth-order valence-electron chi connectivity index (χ4n) is 3.48.